The molecule has 0 aliphatic carbocycles. The van der Waals surface area contributed by atoms with Crippen molar-refractivity contribution >= 4 is 28.0 Å². The van der Waals surface area contributed by atoms with Gasteiger partial charge in [-0.15, -0.1) is 0 Å². The van der Waals surface area contributed by atoms with Crippen molar-refractivity contribution in [2.45, 2.75) is 39.7 Å². The number of hydrogen-bond acceptors (Lipinski definition) is 5. The first-order chi connectivity index (χ1) is 14.7. The van der Waals surface area contributed by atoms with Gasteiger partial charge in [0.05, 0.1) is 35.3 Å². The minimum absolute atomic E-state index is 0.0782. The van der Waals surface area contributed by atoms with E-state index in [4.69, 9.17) is 20.1 Å². The molecule has 2 aromatic carbocycles. The van der Waals surface area contributed by atoms with Crippen LogP contribution < -0.4 is 4.74 Å². The van der Waals surface area contributed by atoms with Gasteiger partial charge in [0.2, 0.25) is 0 Å². The molecule has 2 N–H and O–H groups in total. The molecule has 2 heterocycles. The molecule has 31 heavy (non-hydrogen) atoms. The van der Waals surface area contributed by atoms with E-state index >= 15 is 0 Å². The lowest BCUT2D eigenvalue weighted by atomic mass is 10.0. The van der Waals surface area contributed by atoms with Crippen LogP contribution in [-0.2, 0) is 11.2 Å². The summed E-state index contributed by atoms with van der Waals surface area (Å²) in [6.45, 7) is 7.77. The van der Waals surface area contributed by atoms with Crippen molar-refractivity contribution < 1.29 is 9.47 Å². The van der Waals surface area contributed by atoms with Crippen LogP contribution in [-0.4, -0.2) is 33.3 Å². The Morgan fingerprint density at radius 2 is 2.03 bits per heavy atom. The number of fused-ring (bicyclic) bond motifs is 2. The average Bonchev–Trinajstić information content (AvgIpc) is 3.32. The van der Waals surface area contributed by atoms with Crippen LogP contribution >= 0.6 is 0 Å². The zero-order chi connectivity index (χ0) is 22.3. The van der Waals surface area contributed by atoms with E-state index < -0.39 is 5.60 Å². The summed E-state index contributed by atoms with van der Waals surface area (Å²) in [5.41, 5.74) is 4.65. The number of rotatable bonds is 3. The molecule has 0 aliphatic heterocycles. The molecule has 0 atom stereocenters. The van der Waals surface area contributed by atoms with Crippen molar-refractivity contribution in [3.63, 3.8) is 0 Å². The minimum atomic E-state index is -0.465. The first-order valence-corrected chi connectivity index (χ1v) is 10.0. The van der Waals surface area contributed by atoms with E-state index in [0.717, 1.165) is 44.6 Å². The Balaban J connectivity index is 1.81. The summed E-state index contributed by atoms with van der Waals surface area (Å²) in [7, 11) is 1.66. The highest BCUT2D eigenvalue weighted by atomic mass is 16.5. The number of benzene rings is 2. The number of hydrogen-bond donors (Lipinski definition) is 2. The lowest BCUT2D eigenvalue weighted by molar-refractivity contribution is 0.108. The first-order valence-electron chi connectivity index (χ1n) is 10.0. The van der Waals surface area contributed by atoms with Crippen molar-refractivity contribution in [1.82, 2.24) is 14.5 Å². The summed E-state index contributed by atoms with van der Waals surface area (Å²) in [5.74, 6) is 1.55. The normalized spacial score (nSPS) is 11.6. The Morgan fingerprint density at radius 3 is 2.71 bits per heavy atom. The SMILES string of the molecule is COc1cc(C)c2c(ccn2C(=N)OC(C)(C)C)c1Cc1nc2ccc(C#N)cc2[nH]1. The standard InChI is InChI=1S/C24H25N5O2/c1-14-10-20(30-5)17(12-21-27-18-7-6-15(13-25)11-19(18)28-21)16-8-9-29(22(14)16)23(26)31-24(2,3)4/h6-11,26H,12H2,1-5H3,(H,27,28). The van der Waals surface area contributed by atoms with Crippen molar-refractivity contribution in [1.29, 1.82) is 10.7 Å². The molecule has 0 saturated heterocycles. The molecule has 4 aromatic rings. The fourth-order valence-electron chi connectivity index (χ4n) is 3.82. The van der Waals surface area contributed by atoms with Gasteiger partial charge in [-0.1, -0.05) is 0 Å². The number of methoxy groups -OCH3 is 1. The summed E-state index contributed by atoms with van der Waals surface area (Å²) >= 11 is 0. The fourth-order valence-corrected chi connectivity index (χ4v) is 3.82. The van der Waals surface area contributed by atoms with Gasteiger partial charge < -0.3 is 14.5 Å². The van der Waals surface area contributed by atoms with Gasteiger partial charge in [0.15, 0.2) is 0 Å². The zero-order valence-corrected chi connectivity index (χ0v) is 18.3. The quantitative estimate of drug-likeness (QED) is 0.367. The third-order valence-electron chi connectivity index (χ3n) is 5.08. The second-order valence-electron chi connectivity index (χ2n) is 8.55. The maximum absolute atomic E-state index is 9.14. The molecule has 0 amide bonds. The number of nitriles is 1. The number of aromatic amines is 1. The summed E-state index contributed by atoms with van der Waals surface area (Å²) in [4.78, 5) is 8.00. The molecule has 0 saturated carbocycles. The third-order valence-corrected chi connectivity index (χ3v) is 5.08. The molecule has 4 rings (SSSR count). The number of aryl methyl sites for hydroxylation is 1. The lowest BCUT2D eigenvalue weighted by Crippen LogP contribution is -2.27. The molecule has 0 radical (unpaired) electrons. The molecule has 7 heteroatoms. The van der Waals surface area contributed by atoms with Gasteiger partial charge in [-0.2, -0.15) is 5.26 Å². The minimum Gasteiger partial charge on any atom is -0.496 e. The molecule has 0 spiro atoms. The van der Waals surface area contributed by atoms with E-state index in [1.165, 1.54) is 0 Å². The van der Waals surface area contributed by atoms with E-state index in [-0.39, 0.29) is 6.02 Å². The monoisotopic (exact) mass is 415 g/mol. The van der Waals surface area contributed by atoms with Gasteiger partial charge in [-0.3, -0.25) is 9.98 Å². The highest BCUT2D eigenvalue weighted by Gasteiger charge is 2.21. The van der Waals surface area contributed by atoms with Crippen LogP contribution in [0.1, 0.15) is 43.3 Å². The van der Waals surface area contributed by atoms with Crippen LogP contribution in [0.5, 0.6) is 5.75 Å². The maximum atomic E-state index is 9.14. The highest BCUT2D eigenvalue weighted by molar-refractivity contribution is 5.95. The van der Waals surface area contributed by atoms with Crippen LogP contribution in [0.4, 0.5) is 0 Å². The van der Waals surface area contributed by atoms with Gasteiger partial charge in [0.25, 0.3) is 6.02 Å². The smallest absolute Gasteiger partial charge is 0.293 e. The summed E-state index contributed by atoms with van der Waals surface area (Å²) in [6.07, 6.45) is 2.38. The maximum Gasteiger partial charge on any atom is 0.293 e. The number of H-pyrrole nitrogens is 1. The number of aromatic nitrogens is 3. The van der Waals surface area contributed by atoms with E-state index in [2.05, 4.69) is 16.0 Å². The largest absolute Gasteiger partial charge is 0.496 e. The van der Waals surface area contributed by atoms with Crippen LogP contribution in [0, 0.1) is 23.7 Å². The molecule has 0 bridgehead atoms. The van der Waals surface area contributed by atoms with Crippen LogP contribution in [0.15, 0.2) is 36.5 Å². The predicted molar refractivity (Wildman–Crippen MR) is 121 cm³/mol. The predicted octanol–water partition coefficient (Wildman–Crippen LogP) is 4.90. The Morgan fingerprint density at radius 1 is 1.26 bits per heavy atom. The van der Waals surface area contributed by atoms with E-state index in [1.54, 1.807) is 23.8 Å². The number of imidazole rings is 1. The summed E-state index contributed by atoms with van der Waals surface area (Å²) < 4.78 is 13.2. The fraction of sp³-hybridized carbons (Fsp3) is 0.292. The first kappa shape index (κ1) is 20.5. The molecule has 0 unspecified atom stereocenters. The highest BCUT2D eigenvalue weighted by Crippen LogP contribution is 2.34. The van der Waals surface area contributed by atoms with Crippen molar-refractivity contribution in [3.8, 4) is 11.8 Å². The van der Waals surface area contributed by atoms with Crippen LogP contribution in [0.25, 0.3) is 21.9 Å². The average molecular weight is 415 g/mol. The Hall–Kier alpha value is -3.79. The summed E-state index contributed by atoms with van der Waals surface area (Å²) in [5, 5.41) is 18.6. The summed E-state index contributed by atoms with van der Waals surface area (Å²) in [6, 6.07) is 11.6. The second kappa shape index (κ2) is 7.47. The van der Waals surface area contributed by atoms with Gasteiger partial charge in [0, 0.05) is 23.6 Å². The Bertz CT molecular complexity index is 1350. The van der Waals surface area contributed by atoms with Gasteiger partial charge in [-0.25, -0.2) is 4.98 Å². The van der Waals surface area contributed by atoms with Crippen molar-refractivity contribution in [2.75, 3.05) is 7.11 Å². The van der Waals surface area contributed by atoms with Gasteiger partial charge in [-0.05, 0) is 63.6 Å². The lowest BCUT2D eigenvalue weighted by Gasteiger charge is -2.22. The number of nitrogens with zero attached hydrogens (tertiary/aromatic N) is 3. The molecular weight excluding hydrogens is 390 g/mol. The number of nitrogens with one attached hydrogen (secondary N) is 2. The third kappa shape index (κ3) is 3.84. The molecule has 2 aromatic heterocycles. The van der Waals surface area contributed by atoms with Crippen molar-refractivity contribution in [2.24, 2.45) is 0 Å². The van der Waals surface area contributed by atoms with Crippen LogP contribution in [0.3, 0.4) is 0 Å². The van der Waals surface area contributed by atoms with E-state index in [1.807, 2.05) is 52.1 Å². The molecule has 7 nitrogen and oxygen atoms in total. The molecule has 0 aliphatic rings. The molecule has 0 fully saturated rings. The molecule has 158 valence electrons. The van der Waals surface area contributed by atoms with E-state index in [9.17, 15) is 0 Å². The topological polar surface area (TPSA) is 99.7 Å². The Kier molecular flexibility index (Phi) is 4.94. The second-order valence-corrected chi connectivity index (χ2v) is 8.55. The Labute approximate surface area is 180 Å². The number of ether oxygens (including phenoxy) is 2. The zero-order valence-electron chi connectivity index (χ0n) is 18.3. The van der Waals surface area contributed by atoms with Gasteiger partial charge in [0.1, 0.15) is 17.2 Å². The molecular formula is C24H25N5O2. The van der Waals surface area contributed by atoms with Crippen LogP contribution in [0.2, 0.25) is 0 Å². The van der Waals surface area contributed by atoms with Gasteiger partial charge >= 0.3 is 0 Å². The van der Waals surface area contributed by atoms with E-state index in [0.29, 0.717) is 12.0 Å². The van der Waals surface area contributed by atoms with Crippen molar-refractivity contribution in [3.05, 3.63) is 59.0 Å².